The van der Waals surface area contributed by atoms with Crippen LogP contribution < -0.4 is 0 Å². The molecule has 0 radical (unpaired) electrons. The molecule has 142 valence electrons. The third kappa shape index (κ3) is 11.8. The molecule has 0 heterocycles. The van der Waals surface area contributed by atoms with E-state index >= 15 is 0 Å². The van der Waals surface area contributed by atoms with E-state index in [0.717, 1.165) is 0 Å². The highest BCUT2D eigenvalue weighted by Gasteiger charge is 2.46. The van der Waals surface area contributed by atoms with Crippen LogP contribution in [0.15, 0.2) is 0 Å². The van der Waals surface area contributed by atoms with Crippen molar-refractivity contribution in [2.24, 2.45) is 0 Å². The van der Waals surface area contributed by atoms with Gasteiger partial charge in [0.1, 0.15) is 0 Å². The van der Waals surface area contributed by atoms with Gasteiger partial charge in [0, 0.05) is 0 Å². The van der Waals surface area contributed by atoms with E-state index in [1.807, 2.05) is 27.7 Å². The summed E-state index contributed by atoms with van der Waals surface area (Å²) < 4.78 is 5.25. The smallest absolute Gasteiger partial charge is 0.0693 e. The highest BCUT2D eigenvalue weighted by molar-refractivity contribution is 6.45. The molecule has 0 spiro atoms. The molecule has 0 aliphatic heterocycles. The molecule has 1 rings (SSSR count). The molecular weight excluding hydrogens is 429 g/mol. The number of hydrogen-bond donors (Lipinski definition) is 2. The maximum Gasteiger partial charge on any atom is 0.0693 e. The fourth-order valence-electron chi connectivity index (χ4n) is 1.60. The Balaban J connectivity index is 0. The molecule has 1 fully saturated rings. The molecule has 2 N–H and O–H groups in total. The molecule has 1 aliphatic rings. The summed E-state index contributed by atoms with van der Waals surface area (Å²) in [7, 11) is 0. The molecule has 23 heavy (non-hydrogen) atoms. The number of halogens is 6. The van der Waals surface area contributed by atoms with Crippen LogP contribution in [0.2, 0.25) is 0 Å². The van der Waals surface area contributed by atoms with Crippen molar-refractivity contribution in [1.82, 2.24) is 0 Å². The van der Waals surface area contributed by atoms with E-state index in [-0.39, 0.29) is 13.2 Å². The Kier molecular flexibility index (Phi) is 17.2. The van der Waals surface area contributed by atoms with Crippen molar-refractivity contribution < 1.29 is 14.9 Å². The van der Waals surface area contributed by atoms with Gasteiger partial charge in [0.2, 0.25) is 0 Å². The van der Waals surface area contributed by atoms with Gasteiger partial charge in [0.25, 0.3) is 0 Å². The summed E-state index contributed by atoms with van der Waals surface area (Å²) in [6, 6.07) is 0. The van der Waals surface area contributed by atoms with E-state index in [0.29, 0.717) is 12.2 Å². The molecule has 0 aromatic heterocycles. The van der Waals surface area contributed by atoms with E-state index < -0.39 is 32.3 Å². The molecule has 0 bridgehead atoms. The van der Waals surface area contributed by atoms with Crippen LogP contribution in [0.1, 0.15) is 27.7 Å². The molecule has 0 amide bonds. The van der Waals surface area contributed by atoms with Crippen molar-refractivity contribution in [3.05, 3.63) is 0 Å². The van der Waals surface area contributed by atoms with Gasteiger partial charge in [-0.2, -0.15) is 0 Å². The first-order chi connectivity index (χ1) is 10.5. The van der Waals surface area contributed by atoms with Crippen molar-refractivity contribution in [2.45, 2.75) is 72.2 Å². The van der Waals surface area contributed by atoms with Crippen LogP contribution >= 0.6 is 69.6 Å². The van der Waals surface area contributed by atoms with E-state index in [4.69, 9.17) is 84.6 Å². The summed E-state index contributed by atoms with van der Waals surface area (Å²) in [6.07, 6.45) is 0.750. The minimum Gasteiger partial charge on any atom is -0.394 e. The summed E-state index contributed by atoms with van der Waals surface area (Å²) in [6.45, 7) is 7.92. The predicted octanol–water partition coefficient (Wildman–Crippen LogP) is 4.44. The number of aliphatic hydroxyl groups excluding tert-OH is 2. The second-order valence-corrected chi connectivity index (χ2v) is 8.37. The lowest BCUT2D eigenvalue weighted by molar-refractivity contribution is 0.0300. The number of aliphatic hydroxyl groups is 2. The standard InChI is InChI=1S/C6H6Cl6.C6H14O.C2H6O2/c7-1-2(8)4(10)6(12)5(11)3(1)9;1-5(2)7-6(3)4;3-1-2-4/h1-6H;5-6H,1-4H3;3-4H,1-2H2/t1-,2-,3-,4+,5+,6+;;. The highest BCUT2D eigenvalue weighted by atomic mass is 35.5. The number of alkyl halides is 6. The van der Waals surface area contributed by atoms with E-state index in [2.05, 4.69) is 0 Å². The van der Waals surface area contributed by atoms with Gasteiger partial charge < -0.3 is 14.9 Å². The Morgan fingerprint density at radius 1 is 0.609 bits per heavy atom. The molecule has 0 saturated heterocycles. The lowest BCUT2D eigenvalue weighted by atomic mass is 9.97. The quantitative estimate of drug-likeness (QED) is 0.620. The maximum absolute atomic E-state index is 7.62. The monoisotopic (exact) mass is 452 g/mol. The second-order valence-electron chi connectivity index (χ2n) is 5.35. The van der Waals surface area contributed by atoms with E-state index in [9.17, 15) is 0 Å². The van der Waals surface area contributed by atoms with Crippen LogP contribution in [0.4, 0.5) is 0 Å². The molecular formula is C14H26Cl6O3. The van der Waals surface area contributed by atoms with Gasteiger partial charge in [-0.1, -0.05) is 0 Å². The number of ether oxygens (including phenoxy) is 1. The fourth-order valence-corrected chi connectivity index (χ4v) is 3.93. The topological polar surface area (TPSA) is 49.7 Å². The lowest BCUT2D eigenvalue weighted by Crippen LogP contribution is -2.52. The Bertz CT molecular complexity index is 217. The Morgan fingerprint density at radius 2 is 0.783 bits per heavy atom. The van der Waals surface area contributed by atoms with Gasteiger partial charge in [-0.3, -0.25) is 0 Å². The van der Waals surface area contributed by atoms with Crippen molar-refractivity contribution in [1.29, 1.82) is 0 Å². The average Bonchev–Trinajstić information content (AvgIpc) is 2.48. The summed E-state index contributed by atoms with van der Waals surface area (Å²) in [5.74, 6) is 0. The normalized spacial score (nSPS) is 33.7. The van der Waals surface area contributed by atoms with Crippen LogP contribution in [-0.4, -0.2) is 67.9 Å². The summed E-state index contributed by atoms with van der Waals surface area (Å²) in [5.41, 5.74) is 0. The third-order valence-corrected chi connectivity index (χ3v) is 6.50. The van der Waals surface area contributed by atoms with Gasteiger partial charge in [-0.25, -0.2) is 0 Å². The zero-order chi connectivity index (χ0) is 18.7. The molecule has 1 saturated carbocycles. The van der Waals surface area contributed by atoms with E-state index in [1.54, 1.807) is 0 Å². The van der Waals surface area contributed by atoms with Crippen LogP contribution in [-0.2, 0) is 4.74 Å². The Morgan fingerprint density at radius 3 is 0.826 bits per heavy atom. The summed E-state index contributed by atoms with van der Waals surface area (Å²) in [5, 5.41) is 12.6. The zero-order valence-corrected chi connectivity index (χ0v) is 18.1. The zero-order valence-electron chi connectivity index (χ0n) is 13.6. The Hall–Kier alpha value is 1.62. The van der Waals surface area contributed by atoms with Crippen LogP contribution in [0.25, 0.3) is 0 Å². The minimum absolute atomic E-state index is 0.125. The minimum atomic E-state index is -0.437. The van der Waals surface area contributed by atoms with Gasteiger partial charge in [-0.15, -0.1) is 69.6 Å². The molecule has 0 aromatic carbocycles. The van der Waals surface area contributed by atoms with Crippen molar-refractivity contribution >= 4 is 69.6 Å². The number of rotatable bonds is 3. The highest BCUT2D eigenvalue weighted by Crippen LogP contribution is 2.39. The number of hydrogen-bond acceptors (Lipinski definition) is 3. The fraction of sp³-hybridized carbons (Fsp3) is 1.00. The van der Waals surface area contributed by atoms with Crippen molar-refractivity contribution in [3.63, 3.8) is 0 Å². The summed E-state index contributed by atoms with van der Waals surface area (Å²) >= 11 is 35.3. The van der Waals surface area contributed by atoms with Gasteiger partial charge in [0.15, 0.2) is 0 Å². The summed E-state index contributed by atoms with van der Waals surface area (Å²) in [4.78, 5) is 0. The van der Waals surface area contributed by atoms with Crippen molar-refractivity contribution in [2.75, 3.05) is 13.2 Å². The third-order valence-electron chi connectivity index (χ3n) is 2.47. The largest absolute Gasteiger partial charge is 0.394 e. The molecule has 0 aromatic rings. The van der Waals surface area contributed by atoms with Gasteiger partial charge in [-0.05, 0) is 27.7 Å². The Labute approximate surface area is 169 Å². The molecule has 3 nitrogen and oxygen atoms in total. The van der Waals surface area contributed by atoms with Crippen LogP contribution in [0.5, 0.6) is 0 Å². The molecule has 0 unspecified atom stereocenters. The second kappa shape index (κ2) is 14.8. The first kappa shape index (κ1) is 26.8. The average molecular weight is 455 g/mol. The predicted molar refractivity (Wildman–Crippen MR) is 103 cm³/mol. The molecule has 1 aliphatic carbocycles. The van der Waals surface area contributed by atoms with E-state index in [1.165, 1.54) is 0 Å². The first-order valence-electron chi connectivity index (χ1n) is 7.22. The first-order valence-corrected chi connectivity index (χ1v) is 9.84. The SMILES string of the molecule is CC(C)OC(C)C.Cl[C@H]1[C@H](Cl)[C@@H](Cl)[C@@H](Cl)[C@H](Cl)[C@H]1Cl.OCCO. The molecule has 9 heteroatoms. The van der Waals surface area contributed by atoms with Crippen LogP contribution in [0.3, 0.4) is 0 Å². The van der Waals surface area contributed by atoms with Gasteiger partial charge in [0.05, 0.1) is 57.7 Å². The lowest BCUT2D eigenvalue weighted by Gasteiger charge is -2.37. The molecule has 0 atom stereocenters. The van der Waals surface area contributed by atoms with Crippen LogP contribution in [0, 0.1) is 0 Å². The van der Waals surface area contributed by atoms with Gasteiger partial charge >= 0.3 is 0 Å². The maximum atomic E-state index is 7.62. The van der Waals surface area contributed by atoms with Crippen molar-refractivity contribution in [3.8, 4) is 0 Å².